The highest BCUT2D eigenvalue weighted by Crippen LogP contribution is 2.33. The summed E-state index contributed by atoms with van der Waals surface area (Å²) in [6.45, 7) is 6.42. The summed E-state index contributed by atoms with van der Waals surface area (Å²) < 4.78 is 27.2. The normalized spacial score (nSPS) is 17.8. The van der Waals surface area contributed by atoms with Crippen molar-refractivity contribution in [1.29, 1.82) is 0 Å². The minimum atomic E-state index is -3.60. The zero-order valence-electron chi connectivity index (χ0n) is 16.0. The van der Waals surface area contributed by atoms with Crippen molar-refractivity contribution >= 4 is 38.7 Å². The fourth-order valence-electron chi connectivity index (χ4n) is 3.26. The van der Waals surface area contributed by atoms with Crippen LogP contribution in [0.5, 0.6) is 0 Å². The SMILES string of the molecule is CC1=C/C(=N/NC(=O)c2ccc(NS(=O)(=O)c3cccs3)cc2)CC(C)(C)C1. The highest BCUT2D eigenvalue weighted by atomic mass is 32.2. The molecule has 0 radical (unpaired) electrons. The van der Waals surface area contributed by atoms with Crippen molar-refractivity contribution in [3.8, 4) is 0 Å². The number of carbonyl (C=O) groups is 1. The van der Waals surface area contributed by atoms with Crippen LogP contribution >= 0.6 is 11.3 Å². The number of allylic oxidation sites excluding steroid dienone is 2. The van der Waals surface area contributed by atoms with Crippen molar-refractivity contribution in [2.75, 3.05) is 4.72 Å². The maximum atomic E-state index is 12.3. The molecular formula is C20H23N3O3S2. The zero-order valence-corrected chi connectivity index (χ0v) is 17.7. The average Bonchev–Trinajstić information content (AvgIpc) is 3.14. The third kappa shape index (κ3) is 5.08. The van der Waals surface area contributed by atoms with Gasteiger partial charge in [0, 0.05) is 11.3 Å². The molecule has 148 valence electrons. The van der Waals surface area contributed by atoms with E-state index in [2.05, 4.69) is 36.0 Å². The van der Waals surface area contributed by atoms with E-state index in [1.165, 1.54) is 11.6 Å². The summed E-state index contributed by atoms with van der Waals surface area (Å²) in [5, 5.41) is 5.95. The molecule has 1 aliphatic rings. The molecule has 0 atom stereocenters. The lowest BCUT2D eigenvalue weighted by molar-refractivity contribution is 0.0954. The molecule has 2 N–H and O–H groups in total. The largest absolute Gasteiger partial charge is 0.279 e. The van der Waals surface area contributed by atoms with Crippen LogP contribution in [0.2, 0.25) is 0 Å². The van der Waals surface area contributed by atoms with Crippen molar-refractivity contribution < 1.29 is 13.2 Å². The predicted octanol–water partition coefficient (Wildman–Crippen LogP) is 4.40. The van der Waals surface area contributed by atoms with Crippen LogP contribution in [-0.4, -0.2) is 20.0 Å². The molecule has 1 amide bonds. The molecule has 8 heteroatoms. The van der Waals surface area contributed by atoms with Gasteiger partial charge < -0.3 is 0 Å². The van der Waals surface area contributed by atoms with Gasteiger partial charge in [-0.25, -0.2) is 13.8 Å². The van der Waals surface area contributed by atoms with Crippen molar-refractivity contribution in [2.45, 2.75) is 37.8 Å². The number of carbonyl (C=O) groups excluding carboxylic acids is 1. The molecule has 6 nitrogen and oxygen atoms in total. The van der Waals surface area contributed by atoms with Gasteiger partial charge in [0.2, 0.25) is 0 Å². The average molecular weight is 418 g/mol. The molecule has 3 rings (SSSR count). The third-order valence-corrected chi connectivity index (χ3v) is 7.07. The topological polar surface area (TPSA) is 87.6 Å². The van der Waals surface area contributed by atoms with Crippen LogP contribution < -0.4 is 10.1 Å². The second kappa shape index (κ2) is 7.89. The Balaban J connectivity index is 1.66. The summed E-state index contributed by atoms with van der Waals surface area (Å²) >= 11 is 1.14. The Morgan fingerprint density at radius 1 is 1.14 bits per heavy atom. The van der Waals surface area contributed by atoms with E-state index < -0.39 is 10.0 Å². The van der Waals surface area contributed by atoms with E-state index in [4.69, 9.17) is 0 Å². The molecular weight excluding hydrogens is 394 g/mol. The van der Waals surface area contributed by atoms with Gasteiger partial charge in [-0.15, -0.1) is 11.3 Å². The van der Waals surface area contributed by atoms with Gasteiger partial charge in [-0.2, -0.15) is 5.10 Å². The molecule has 2 aromatic rings. The predicted molar refractivity (Wildman–Crippen MR) is 113 cm³/mol. The molecule has 1 heterocycles. The zero-order chi connectivity index (χ0) is 20.4. The Hall–Kier alpha value is -2.45. The van der Waals surface area contributed by atoms with Crippen LogP contribution in [0.15, 0.2) is 62.7 Å². The first-order valence-corrected chi connectivity index (χ1v) is 11.2. The van der Waals surface area contributed by atoms with E-state index >= 15 is 0 Å². The molecule has 0 bridgehead atoms. The second-order valence-electron chi connectivity index (χ2n) is 7.67. The van der Waals surface area contributed by atoms with E-state index in [-0.39, 0.29) is 15.5 Å². The summed E-state index contributed by atoms with van der Waals surface area (Å²) in [4.78, 5) is 12.3. The van der Waals surface area contributed by atoms with E-state index in [9.17, 15) is 13.2 Å². The van der Waals surface area contributed by atoms with Gasteiger partial charge in [0.1, 0.15) is 4.21 Å². The Kier molecular flexibility index (Phi) is 5.71. The van der Waals surface area contributed by atoms with Crippen LogP contribution in [0.3, 0.4) is 0 Å². The van der Waals surface area contributed by atoms with Gasteiger partial charge in [0.05, 0.1) is 5.71 Å². The Bertz CT molecular complexity index is 1020. The van der Waals surface area contributed by atoms with Crippen LogP contribution in [0, 0.1) is 5.41 Å². The summed E-state index contributed by atoms with van der Waals surface area (Å²) in [6, 6.07) is 9.46. The number of nitrogens with one attached hydrogen (secondary N) is 2. The molecule has 1 aromatic carbocycles. The Morgan fingerprint density at radius 3 is 2.46 bits per heavy atom. The molecule has 0 spiro atoms. The molecule has 1 aliphatic carbocycles. The molecule has 0 saturated carbocycles. The number of hydrogen-bond acceptors (Lipinski definition) is 5. The lowest BCUT2D eigenvalue weighted by atomic mass is 9.77. The number of thiophene rings is 1. The maximum Gasteiger partial charge on any atom is 0.271 e. The van der Waals surface area contributed by atoms with Crippen LogP contribution in [0.4, 0.5) is 5.69 Å². The molecule has 1 aromatic heterocycles. The van der Waals surface area contributed by atoms with Gasteiger partial charge in [0.25, 0.3) is 15.9 Å². The van der Waals surface area contributed by atoms with Crippen LogP contribution in [0.25, 0.3) is 0 Å². The summed E-state index contributed by atoms with van der Waals surface area (Å²) in [7, 11) is -3.60. The number of sulfonamides is 1. The van der Waals surface area contributed by atoms with E-state index in [0.717, 1.165) is 29.9 Å². The maximum absolute atomic E-state index is 12.3. The number of benzene rings is 1. The smallest absolute Gasteiger partial charge is 0.271 e. The summed E-state index contributed by atoms with van der Waals surface area (Å²) in [6.07, 6.45) is 3.82. The summed E-state index contributed by atoms with van der Waals surface area (Å²) in [5.74, 6) is -0.338. The monoisotopic (exact) mass is 417 g/mol. The van der Waals surface area contributed by atoms with Crippen LogP contribution in [-0.2, 0) is 10.0 Å². The first-order chi connectivity index (χ1) is 13.1. The van der Waals surface area contributed by atoms with Gasteiger partial charge in [-0.05, 0) is 67.0 Å². The van der Waals surface area contributed by atoms with Crippen molar-refractivity contribution in [2.24, 2.45) is 10.5 Å². The minimum Gasteiger partial charge on any atom is -0.279 e. The standard InChI is InChI=1S/C20H23N3O3S2/c1-14-11-17(13-20(2,3)12-14)21-22-19(24)15-6-8-16(9-7-15)23-28(25,26)18-5-4-10-27-18/h4-11,23H,12-13H2,1-3H3,(H,22,24)/b21-17-. The molecule has 0 fully saturated rings. The highest BCUT2D eigenvalue weighted by molar-refractivity contribution is 7.94. The number of hydrogen-bond donors (Lipinski definition) is 2. The van der Waals surface area contributed by atoms with Crippen molar-refractivity contribution in [3.63, 3.8) is 0 Å². The van der Waals surface area contributed by atoms with Crippen molar-refractivity contribution in [3.05, 3.63) is 59.0 Å². The number of nitrogens with zero attached hydrogens (tertiary/aromatic N) is 1. The fraction of sp³-hybridized carbons (Fsp3) is 0.300. The minimum absolute atomic E-state index is 0.129. The lowest BCUT2D eigenvalue weighted by Gasteiger charge is -2.29. The third-order valence-electron chi connectivity index (χ3n) is 4.29. The number of anilines is 1. The van der Waals surface area contributed by atoms with E-state index in [0.29, 0.717) is 11.3 Å². The van der Waals surface area contributed by atoms with Crippen LogP contribution in [0.1, 0.15) is 44.0 Å². The Labute approximate surface area is 169 Å². The first kappa shape index (κ1) is 20.3. The Morgan fingerprint density at radius 2 is 1.86 bits per heavy atom. The van der Waals surface area contributed by atoms with E-state index in [1.54, 1.807) is 35.7 Å². The number of hydrazone groups is 1. The summed E-state index contributed by atoms with van der Waals surface area (Å²) in [5.41, 5.74) is 5.60. The first-order valence-electron chi connectivity index (χ1n) is 8.85. The molecule has 0 unspecified atom stereocenters. The lowest BCUT2D eigenvalue weighted by Crippen LogP contribution is -2.25. The quantitative estimate of drug-likeness (QED) is 0.707. The highest BCUT2D eigenvalue weighted by Gasteiger charge is 2.24. The van der Waals surface area contributed by atoms with Gasteiger partial charge in [-0.3, -0.25) is 9.52 Å². The fourth-order valence-corrected chi connectivity index (χ4v) is 5.32. The molecule has 28 heavy (non-hydrogen) atoms. The number of rotatable bonds is 5. The van der Waals surface area contributed by atoms with Gasteiger partial charge in [0.15, 0.2) is 0 Å². The second-order valence-corrected chi connectivity index (χ2v) is 10.5. The van der Waals surface area contributed by atoms with Gasteiger partial charge in [-0.1, -0.05) is 25.5 Å². The van der Waals surface area contributed by atoms with Crippen molar-refractivity contribution in [1.82, 2.24) is 5.43 Å². The molecule has 0 aliphatic heterocycles. The van der Waals surface area contributed by atoms with E-state index in [1.807, 2.05) is 6.08 Å². The molecule has 0 saturated heterocycles. The van der Waals surface area contributed by atoms with Gasteiger partial charge >= 0.3 is 0 Å². The number of amides is 1.